The van der Waals surface area contributed by atoms with Gasteiger partial charge in [-0.2, -0.15) is 0 Å². The van der Waals surface area contributed by atoms with Crippen LogP contribution in [0.3, 0.4) is 0 Å². The van der Waals surface area contributed by atoms with E-state index in [1.807, 2.05) is 28.8 Å². The number of rotatable bonds is 8. The van der Waals surface area contributed by atoms with E-state index in [4.69, 9.17) is 21.1 Å². The van der Waals surface area contributed by atoms with Crippen LogP contribution in [0.4, 0.5) is 10.1 Å². The van der Waals surface area contributed by atoms with E-state index in [0.717, 1.165) is 36.8 Å². The second-order valence-electron chi connectivity index (χ2n) is 7.65. The van der Waals surface area contributed by atoms with Crippen LogP contribution in [-0.4, -0.2) is 45.7 Å². The van der Waals surface area contributed by atoms with Crippen molar-refractivity contribution in [3.05, 3.63) is 53.3 Å². The van der Waals surface area contributed by atoms with Crippen molar-refractivity contribution in [2.24, 2.45) is 0 Å². The number of anilines is 1. The quantitative estimate of drug-likeness (QED) is 0.445. The molecule has 0 aliphatic carbocycles. The number of amides is 1. The molecule has 1 aliphatic heterocycles. The molecule has 0 spiro atoms. The second kappa shape index (κ2) is 10.5. The van der Waals surface area contributed by atoms with E-state index < -0.39 is 11.1 Å². The van der Waals surface area contributed by atoms with Crippen LogP contribution in [0.25, 0.3) is 11.4 Å². The lowest BCUT2D eigenvalue weighted by molar-refractivity contribution is -0.115. The van der Waals surface area contributed by atoms with Gasteiger partial charge in [0.1, 0.15) is 11.6 Å². The number of aromatic nitrogens is 3. The second-order valence-corrected chi connectivity index (χ2v) is 9.37. The van der Waals surface area contributed by atoms with E-state index in [0.29, 0.717) is 23.2 Å². The van der Waals surface area contributed by atoms with Crippen LogP contribution in [0.2, 0.25) is 5.02 Å². The first kappa shape index (κ1) is 23.5. The van der Waals surface area contributed by atoms with Gasteiger partial charge in [0.25, 0.3) is 0 Å². The van der Waals surface area contributed by atoms with Crippen LogP contribution in [0.1, 0.15) is 19.8 Å². The molecule has 0 bridgehead atoms. The Morgan fingerprint density at radius 2 is 2.12 bits per heavy atom. The van der Waals surface area contributed by atoms with Gasteiger partial charge in [0.2, 0.25) is 5.91 Å². The van der Waals surface area contributed by atoms with Gasteiger partial charge in [-0.3, -0.25) is 9.36 Å². The third kappa shape index (κ3) is 5.66. The number of hydrogen-bond acceptors (Lipinski definition) is 6. The lowest BCUT2D eigenvalue weighted by atomic mass is 10.2. The fourth-order valence-electron chi connectivity index (χ4n) is 3.52. The number of carbonyl (C=O) groups is 1. The Balaban J connectivity index is 1.55. The number of carbonyl (C=O) groups excluding carboxylic acids is 1. The number of ether oxygens (including phenoxy) is 2. The molecule has 7 nitrogen and oxygen atoms in total. The highest BCUT2D eigenvalue weighted by atomic mass is 35.5. The van der Waals surface area contributed by atoms with Crippen LogP contribution in [0.5, 0.6) is 5.75 Å². The van der Waals surface area contributed by atoms with Crippen molar-refractivity contribution < 1.29 is 18.7 Å². The van der Waals surface area contributed by atoms with Gasteiger partial charge in [-0.15, -0.1) is 10.2 Å². The third-order valence-electron chi connectivity index (χ3n) is 5.32. The zero-order valence-electron chi connectivity index (χ0n) is 18.3. The van der Waals surface area contributed by atoms with E-state index in [9.17, 15) is 9.18 Å². The molecule has 1 N–H and O–H groups in total. The minimum Gasteiger partial charge on any atom is -0.497 e. The number of methoxy groups -OCH3 is 1. The molecule has 33 heavy (non-hydrogen) atoms. The van der Waals surface area contributed by atoms with Crippen LogP contribution >= 0.6 is 23.4 Å². The number of nitrogens with zero attached hydrogens (tertiary/aromatic N) is 3. The summed E-state index contributed by atoms with van der Waals surface area (Å²) in [6.07, 6.45) is 2.05. The van der Waals surface area contributed by atoms with Gasteiger partial charge in [-0.05, 0) is 62.2 Å². The zero-order chi connectivity index (χ0) is 23.4. The number of thioether (sulfide) groups is 1. The van der Waals surface area contributed by atoms with Crippen molar-refractivity contribution in [2.75, 3.05) is 19.0 Å². The highest BCUT2D eigenvalue weighted by Gasteiger charge is 2.25. The van der Waals surface area contributed by atoms with Gasteiger partial charge in [-0.25, -0.2) is 4.39 Å². The molecule has 1 fully saturated rings. The molecule has 4 rings (SSSR count). The Morgan fingerprint density at radius 1 is 1.33 bits per heavy atom. The topological polar surface area (TPSA) is 78.3 Å². The van der Waals surface area contributed by atoms with Crippen molar-refractivity contribution in [3.8, 4) is 17.1 Å². The Bertz CT molecular complexity index is 1120. The summed E-state index contributed by atoms with van der Waals surface area (Å²) in [6, 6.07) is 11.4. The summed E-state index contributed by atoms with van der Waals surface area (Å²) in [4.78, 5) is 12.8. The SMILES string of the molecule is COc1ccc(-c2nnc(S[C@H](C)C(=O)Nc3ccc(F)cc3Cl)n2C[C@@H]2CCCO2)cc1. The molecule has 174 valence electrons. The Morgan fingerprint density at radius 3 is 2.79 bits per heavy atom. The molecule has 10 heteroatoms. The molecule has 1 saturated heterocycles. The fourth-order valence-corrected chi connectivity index (χ4v) is 4.60. The first-order valence-corrected chi connectivity index (χ1v) is 11.8. The van der Waals surface area contributed by atoms with Crippen LogP contribution in [0, 0.1) is 5.82 Å². The van der Waals surface area contributed by atoms with Crippen molar-refractivity contribution in [1.29, 1.82) is 0 Å². The maximum Gasteiger partial charge on any atom is 0.237 e. The minimum atomic E-state index is -0.498. The van der Waals surface area contributed by atoms with Crippen LogP contribution < -0.4 is 10.1 Å². The smallest absolute Gasteiger partial charge is 0.237 e. The van der Waals surface area contributed by atoms with Crippen molar-refractivity contribution in [1.82, 2.24) is 14.8 Å². The molecule has 2 atom stereocenters. The maximum absolute atomic E-state index is 13.3. The Hall–Kier alpha value is -2.62. The lowest BCUT2D eigenvalue weighted by Crippen LogP contribution is -2.24. The molecule has 1 amide bonds. The predicted molar refractivity (Wildman–Crippen MR) is 126 cm³/mol. The largest absolute Gasteiger partial charge is 0.497 e. The highest BCUT2D eigenvalue weighted by molar-refractivity contribution is 8.00. The molecular formula is C23H24ClFN4O3S. The van der Waals surface area contributed by atoms with Crippen molar-refractivity contribution >= 4 is 35.0 Å². The molecule has 3 aromatic rings. The Kier molecular flexibility index (Phi) is 7.52. The Labute approximate surface area is 200 Å². The van der Waals surface area contributed by atoms with Gasteiger partial charge in [0.15, 0.2) is 11.0 Å². The van der Waals surface area contributed by atoms with E-state index in [1.165, 1.54) is 23.9 Å². The lowest BCUT2D eigenvalue weighted by Gasteiger charge is -2.17. The normalized spacial score (nSPS) is 16.5. The molecule has 0 saturated carbocycles. The number of hydrogen-bond donors (Lipinski definition) is 1. The number of halogens is 2. The summed E-state index contributed by atoms with van der Waals surface area (Å²) in [7, 11) is 1.62. The summed E-state index contributed by atoms with van der Waals surface area (Å²) in [5.41, 5.74) is 1.25. The van der Waals surface area contributed by atoms with E-state index in [2.05, 4.69) is 15.5 Å². The first-order chi connectivity index (χ1) is 15.9. The summed E-state index contributed by atoms with van der Waals surface area (Å²) in [5.74, 6) is 0.716. The van der Waals surface area contributed by atoms with E-state index >= 15 is 0 Å². The summed E-state index contributed by atoms with van der Waals surface area (Å²) < 4.78 is 26.4. The molecule has 0 radical (unpaired) electrons. The highest BCUT2D eigenvalue weighted by Crippen LogP contribution is 2.31. The summed E-state index contributed by atoms with van der Waals surface area (Å²) in [6.45, 7) is 3.11. The minimum absolute atomic E-state index is 0.0690. The molecule has 1 aliphatic rings. The van der Waals surface area contributed by atoms with Gasteiger partial charge in [0.05, 0.1) is 35.7 Å². The maximum atomic E-state index is 13.3. The average molecular weight is 491 g/mol. The number of nitrogens with one attached hydrogen (secondary N) is 1. The standard InChI is InChI=1S/C23H24ClFN4O3S/c1-14(22(30)26-20-10-7-16(25)12-19(20)24)33-23-28-27-21(15-5-8-17(31-2)9-6-15)29(23)13-18-4-3-11-32-18/h5-10,12,14,18H,3-4,11,13H2,1-2H3,(H,26,30)/t14-,18+/m1/s1. The van der Waals surface area contributed by atoms with Crippen LogP contribution in [-0.2, 0) is 16.1 Å². The summed E-state index contributed by atoms with van der Waals surface area (Å²) >= 11 is 7.33. The van der Waals surface area contributed by atoms with Gasteiger partial charge < -0.3 is 14.8 Å². The van der Waals surface area contributed by atoms with Crippen molar-refractivity contribution in [3.63, 3.8) is 0 Å². The molecule has 0 unspecified atom stereocenters. The van der Waals surface area contributed by atoms with E-state index in [1.54, 1.807) is 14.0 Å². The molecule has 2 aromatic carbocycles. The van der Waals surface area contributed by atoms with Gasteiger partial charge >= 0.3 is 0 Å². The van der Waals surface area contributed by atoms with Gasteiger partial charge in [0, 0.05) is 12.2 Å². The predicted octanol–water partition coefficient (Wildman–Crippen LogP) is 5.04. The molecular weight excluding hydrogens is 467 g/mol. The molecule has 1 aromatic heterocycles. The van der Waals surface area contributed by atoms with Crippen LogP contribution in [0.15, 0.2) is 47.6 Å². The summed E-state index contributed by atoms with van der Waals surface area (Å²) in [5, 5.41) is 11.8. The van der Waals surface area contributed by atoms with Crippen molar-refractivity contribution in [2.45, 2.75) is 42.8 Å². The van der Waals surface area contributed by atoms with E-state index in [-0.39, 0.29) is 17.0 Å². The third-order valence-corrected chi connectivity index (χ3v) is 6.71. The first-order valence-electron chi connectivity index (χ1n) is 10.6. The fraction of sp³-hybridized carbons (Fsp3) is 0.348. The molecule has 2 heterocycles. The monoisotopic (exact) mass is 490 g/mol. The average Bonchev–Trinajstić information content (AvgIpc) is 3.46. The zero-order valence-corrected chi connectivity index (χ0v) is 19.8. The number of benzene rings is 2. The van der Waals surface area contributed by atoms with Gasteiger partial charge in [-0.1, -0.05) is 23.4 Å².